The molecule has 0 amide bonds. The minimum absolute atomic E-state index is 0.144. The van der Waals surface area contributed by atoms with E-state index in [0.29, 0.717) is 18.3 Å². The molecule has 100 valence electrons. The van der Waals surface area contributed by atoms with E-state index in [-0.39, 0.29) is 5.56 Å². The average molecular weight is 257 g/mol. The fourth-order valence-corrected chi connectivity index (χ4v) is 3.56. The largest absolute Gasteiger partial charge is 0.312 e. The molecule has 0 spiro atoms. The summed E-state index contributed by atoms with van der Waals surface area (Å²) in [7, 11) is 0. The van der Waals surface area contributed by atoms with Crippen LogP contribution in [0.15, 0.2) is 23.0 Å². The third-order valence-corrected chi connectivity index (χ3v) is 4.32. The highest BCUT2D eigenvalue weighted by molar-refractivity contribution is 5.16. The second-order valence-electron chi connectivity index (χ2n) is 5.72. The number of nitriles is 1. The first-order valence-corrected chi connectivity index (χ1v) is 7.07. The topological polar surface area (TPSA) is 49.0 Å². The maximum Gasteiger partial charge on any atom is 0.250 e. The van der Waals surface area contributed by atoms with Gasteiger partial charge in [0.2, 0.25) is 0 Å². The Bertz CT molecular complexity index is 557. The first-order valence-electron chi connectivity index (χ1n) is 7.07. The summed E-state index contributed by atoms with van der Waals surface area (Å²) in [6, 6.07) is 7.85. The van der Waals surface area contributed by atoms with Crippen LogP contribution >= 0.6 is 0 Å². The highest BCUT2D eigenvalue weighted by Crippen LogP contribution is 2.34. The van der Waals surface area contributed by atoms with Crippen LogP contribution in [0.1, 0.15) is 30.9 Å². The van der Waals surface area contributed by atoms with E-state index in [1.54, 1.807) is 6.07 Å². The highest BCUT2D eigenvalue weighted by atomic mass is 16.1. The molecule has 0 saturated carbocycles. The van der Waals surface area contributed by atoms with Crippen molar-refractivity contribution in [1.82, 2.24) is 9.47 Å². The number of unbranched alkanes of at least 4 members (excludes halogenated alkanes) is 1. The van der Waals surface area contributed by atoms with Gasteiger partial charge in [0.05, 0.1) is 6.07 Å². The van der Waals surface area contributed by atoms with Crippen molar-refractivity contribution < 1.29 is 0 Å². The Labute approximate surface area is 113 Å². The fourth-order valence-electron chi connectivity index (χ4n) is 3.56. The van der Waals surface area contributed by atoms with Gasteiger partial charge in [-0.1, -0.05) is 6.07 Å². The molecule has 1 saturated heterocycles. The van der Waals surface area contributed by atoms with Crippen molar-refractivity contribution in [2.45, 2.75) is 31.7 Å². The third kappa shape index (κ3) is 2.43. The zero-order valence-corrected chi connectivity index (χ0v) is 11.1. The van der Waals surface area contributed by atoms with Gasteiger partial charge in [0.25, 0.3) is 5.56 Å². The van der Waals surface area contributed by atoms with Gasteiger partial charge >= 0.3 is 0 Å². The number of nitrogens with zero attached hydrogens (tertiary/aromatic N) is 3. The second kappa shape index (κ2) is 5.18. The molecular formula is C15H19N3O. The van der Waals surface area contributed by atoms with E-state index >= 15 is 0 Å². The lowest BCUT2D eigenvalue weighted by Gasteiger charge is -2.42. The third-order valence-electron chi connectivity index (χ3n) is 4.32. The predicted molar refractivity (Wildman–Crippen MR) is 72.8 cm³/mol. The quantitative estimate of drug-likeness (QED) is 0.772. The minimum atomic E-state index is 0.144. The maximum atomic E-state index is 11.9. The van der Waals surface area contributed by atoms with Gasteiger partial charge in [-0.15, -0.1) is 0 Å². The molecule has 1 aromatic rings. The number of piperidine rings is 1. The van der Waals surface area contributed by atoms with Crippen LogP contribution in [0.5, 0.6) is 0 Å². The van der Waals surface area contributed by atoms with Crippen molar-refractivity contribution in [2.75, 3.05) is 19.6 Å². The van der Waals surface area contributed by atoms with Gasteiger partial charge in [-0.25, -0.2) is 0 Å². The van der Waals surface area contributed by atoms with Crippen molar-refractivity contribution in [3.05, 3.63) is 34.2 Å². The SMILES string of the molecule is N#CCCCN1C[C@H]2C[C@H](C1)c1cccc(=O)n1C2. The Morgan fingerprint density at radius 1 is 1.32 bits per heavy atom. The normalized spacial score (nSPS) is 25.6. The average Bonchev–Trinajstić information content (AvgIpc) is 2.40. The molecule has 0 aromatic carbocycles. The summed E-state index contributed by atoms with van der Waals surface area (Å²) in [6.45, 7) is 3.98. The summed E-state index contributed by atoms with van der Waals surface area (Å²) in [4.78, 5) is 14.4. The molecule has 1 fully saturated rings. The lowest BCUT2D eigenvalue weighted by Crippen LogP contribution is -2.47. The monoisotopic (exact) mass is 257 g/mol. The van der Waals surface area contributed by atoms with Gasteiger partial charge in [-0.3, -0.25) is 4.79 Å². The van der Waals surface area contributed by atoms with Crippen molar-refractivity contribution in [3.63, 3.8) is 0 Å². The molecule has 2 aliphatic rings. The molecule has 19 heavy (non-hydrogen) atoms. The summed E-state index contributed by atoms with van der Waals surface area (Å²) in [5.74, 6) is 1.08. The van der Waals surface area contributed by atoms with Crippen LogP contribution in [0.2, 0.25) is 0 Å². The van der Waals surface area contributed by atoms with E-state index in [2.05, 4.69) is 17.0 Å². The molecular weight excluding hydrogens is 238 g/mol. The van der Waals surface area contributed by atoms with E-state index in [0.717, 1.165) is 32.6 Å². The predicted octanol–water partition coefficient (Wildman–Crippen LogP) is 1.57. The Morgan fingerprint density at radius 3 is 3.05 bits per heavy atom. The second-order valence-corrected chi connectivity index (χ2v) is 5.72. The maximum absolute atomic E-state index is 11.9. The minimum Gasteiger partial charge on any atom is -0.312 e. The van der Waals surface area contributed by atoms with E-state index in [1.165, 1.54) is 12.1 Å². The summed E-state index contributed by atoms with van der Waals surface area (Å²) in [6.07, 6.45) is 2.80. The van der Waals surface area contributed by atoms with Gasteiger partial charge in [-0.05, 0) is 31.4 Å². The van der Waals surface area contributed by atoms with E-state index in [9.17, 15) is 4.79 Å². The summed E-state index contributed by atoms with van der Waals surface area (Å²) in [5, 5.41) is 8.61. The molecule has 3 rings (SSSR count). The number of hydrogen-bond acceptors (Lipinski definition) is 3. The molecule has 4 heteroatoms. The molecule has 0 N–H and O–H groups in total. The molecule has 2 aliphatic heterocycles. The Balaban J connectivity index is 1.77. The van der Waals surface area contributed by atoms with Crippen molar-refractivity contribution in [3.8, 4) is 6.07 Å². The fraction of sp³-hybridized carbons (Fsp3) is 0.600. The van der Waals surface area contributed by atoms with E-state index < -0.39 is 0 Å². The van der Waals surface area contributed by atoms with Crippen LogP contribution in [0.25, 0.3) is 0 Å². The smallest absolute Gasteiger partial charge is 0.250 e. The number of rotatable bonds is 3. The Morgan fingerprint density at radius 2 is 2.21 bits per heavy atom. The lowest BCUT2D eigenvalue weighted by molar-refractivity contribution is 0.119. The van der Waals surface area contributed by atoms with Crippen molar-refractivity contribution in [2.24, 2.45) is 5.92 Å². The standard InChI is InChI=1S/C15H19N3O/c16-6-1-2-7-17-9-12-8-13(11-17)14-4-3-5-15(19)18(14)10-12/h3-5,12-13H,1-2,7-11H2/t12-,13-/m1/s1. The summed E-state index contributed by atoms with van der Waals surface area (Å²) < 4.78 is 1.96. The lowest BCUT2D eigenvalue weighted by atomic mass is 9.83. The Kier molecular flexibility index (Phi) is 3.39. The van der Waals surface area contributed by atoms with Crippen LogP contribution in [0, 0.1) is 17.2 Å². The van der Waals surface area contributed by atoms with Crippen LogP contribution in [0.3, 0.4) is 0 Å². The van der Waals surface area contributed by atoms with E-state index in [1.807, 2.05) is 10.6 Å². The first-order chi connectivity index (χ1) is 9.28. The molecule has 0 radical (unpaired) electrons. The van der Waals surface area contributed by atoms with Gasteiger partial charge < -0.3 is 9.47 Å². The highest BCUT2D eigenvalue weighted by Gasteiger charge is 2.33. The van der Waals surface area contributed by atoms with Gasteiger partial charge in [-0.2, -0.15) is 5.26 Å². The van der Waals surface area contributed by atoms with Crippen molar-refractivity contribution >= 4 is 0 Å². The van der Waals surface area contributed by atoms with Gasteiger partial charge in [0.1, 0.15) is 0 Å². The molecule has 4 nitrogen and oxygen atoms in total. The molecule has 1 aromatic heterocycles. The van der Waals surface area contributed by atoms with E-state index in [4.69, 9.17) is 5.26 Å². The molecule has 3 heterocycles. The van der Waals surface area contributed by atoms with Gasteiger partial charge in [0.15, 0.2) is 0 Å². The molecule has 0 unspecified atom stereocenters. The van der Waals surface area contributed by atoms with Crippen molar-refractivity contribution in [1.29, 1.82) is 5.26 Å². The van der Waals surface area contributed by atoms with Crippen LogP contribution in [-0.4, -0.2) is 29.1 Å². The molecule has 2 bridgehead atoms. The van der Waals surface area contributed by atoms with Crippen LogP contribution in [-0.2, 0) is 6.54 Å². The zero-order chi connectivity index (χ0) is 13.2. The number of pyridine rings is 1. The zero-order valence-electron chi connectivity index (χ0n) is 11.1. The number of likely N-dealkylation sites (tertiary alicyclic amines) is 1. The molecule has 2 atom stereocenters. The summed E-state index contributed by atoms with van der Waals surface area (Å²) >= 11 is 0. The Hall–Kier alpha value is -1.60. The van der Waals surface area contributed by atoms with Crippen LogP contribution < -0.4 is 5.56 Å². The van der Waals surface area contributed by atoms with Crippen LogP contribution in [0.4, 0.5) is 0 Å². The number of fused-ring (bicyclic) bond motifs is 4. The molecule has 0 aliphatic carbocycles. The number of hydrogen-bond donors (Lipinski definition) is 0. The summed E-state index contributed by atoms with van der Waals surface area (Å²) in [5.41, 5.74) is 1.35. The van der Waals surface area contributed by atoms with Gasteiger partial charge in [0, 0.05) is 43.7 Å². The first kappa shape index (κ1) is 12.4. The number of aromatic nitrogens is 1.